The number of halogens is 3. The Hall–Kier alpha value is -4.08. The highest BCUT2D eigenvalue weighted by molar-refractivity contribution is 6.05. The Kier molecular flexibility index (Phi) is 5.67. The Balaban J connectivity index is 1.62. The van der Waals surface area contributed by atoms with E-state index in [0.29, 0.717) is 12.2 Å². The van der Waals surface area contributed by atoms with Crippen molar-refractivity contribution in [3.63, 3.8) is 0 Å². The van der Waals surface area contributed by atoms with Crippen molar-refractivity contribution >= 4 is 11.6 Å². The molecule has 4 rings (SSSR count). The van der Waals surface area contributed by atoms with Gasteiger partial charge in [0.05, 0.1) is 31.1 Å². The molecule has 0 bridgehead atoms. The summed E-state index contributed by atoms with van der Waals surface area (Å²) in [4.78, 5) is 12.9. The van der Waals surface area contributed by atoms with Gasteiger partial charge in [-0.15, -0.1) is 0 Å². The number of alkyl halides is 3. The second kappa shape index (κ2) is 8.58. The van der Waals surface area contributed by atoms with Gasteiger partial charge in [-0.3, -0.25) is 9.48 Å². The van der Waals surface area contributed by atoms with Crippen LogP contribution in [0.25, 0.3) is 5.69 Å². The van der Waals surface area contributed by atoms with Crippen LogP contribution < -0.4 is 10.1 Å². The molecule has 10 heteroatoms. The van der Waals surface area contributed by atoms with Gasteiger partial charge < -0.3 is 10.1 Å². The number of rotatable bonds is 6. The number of hydrogen-bond donors (Lipinski definition) is 1. The molecule has 0 fully saturated rings. The molecule has 0 aliphatic rings. The summed E-state index contributed by atoms with van der Waals surface area (Å²) in [6.45, 7) is 0.444. The zero-order valence-electron chi connectivity index (χ0n) is 16.9. The number of para-hydroxylation sites is 1. The molecule has 4 aromatic rings. The van der Waals surface area contributed by atoms with Crippen LogP contribution in [-0.4, -0.2) is 32.6 Å². The van der Waals surface area contributed by atoms with Gasteiger partial charge in [0.25, 0.3) is 5.91 Å². The fraction of sp³-hybridized carbons (Fsp3) is 0.136. The van der Waals surface area contributed by atoms with E-state index in [1.807, 2.05) is 12.1 Å². The van der Waals surface area contributed by atoms with Gasteiger partial charge in [-0.1, -0.05) is 24.3 Å². The van der Waals surface area contributed by atoms with Crippen molar-refractivity contribution < 1.29 is 22.7 Å². The molecule has 0 unspecified atom stereocenters. The van der Waals surface area contributed by atoms with Gasteiger partial charge in [-0.25, -0.2) is 4.68 Å². The Bertz CT molecular complexity index is 1230. The molecule has 2 aromatic carbocycles. The van der Waals surface area contributed by atoms with Gasteiger partial charge in [0.15, 0.2) is 11.4 Å². The number of nitrogens with zero attached hydrogens (tertiary/aromatic N) is 4. The molecule has 2 heterocycles. The summed E-state index contributed by atoms with van der Waals surface area (Å²) in [5, 5.41) is 11.1. The normalized spacial score (nSPS) is 11.4. The average molecular weight is 441 g/mol. The first-order chi connectivity index (χ1) is 15.3. The molecule has 0 radical (unpaired) electrons. The summed E-state index contributed by atoms with van der Waals surface area (Å²) >= 11 is 0. The van der Waals surface area contributed by atoms with Gasteiger partial charge >= 0.3 is 6.18 Å². The van der Waals surface area contributed by atoms with Crippen LogP contribution in [0.5, 0.6) is 5.75 Å². The maximum Gasteiger partial charge on any atom is 0.416 e. The zero-order valence-corrected chi connectivity index (χ0v) is 16.9. The maximum atomic E-state index is 13.1. The zero-order chi connectivity index (χ0) is 22.7. The highest BCUT2D eigenvalue weighted by Crippen LogP contribution is 2.31. The van der Waals surface area contributed by atoms with Crippen molar-refractivity contribution in [3.8, 4) is 11.4 Å². The Morgan fingerprint density at radius 2 is 1.94 bits per heavy atom. The monoisotopic (exact) mass is 441 g/mol. The summed E-state index contributed by atoms with van der Waals surface area (Å²) < 4.78 is 47.3. The predicted molar refractivity (Wildman–Crippen MR) is 111 cm³/mol. The standard InChI is InChI=1S/C22H18F3N5O2/c1-32-19-14-30(17-8-4-7-16(12-17)22(23,24)25)28-20(19)21(31)27-18-9-3-2-6-15(18)13-29-11-5-10-26-29/h2-12,14H,13H2,1H3,(H,27,31). The van der Waals surface area contributed by atoms with E-state index in [0.717, 1.165) is 17.7 Å². The summed E-state index contributed by atoms with van der Waals surface area (Å²) in [6, 6.07) is 13.7. The molecule has 0 atom stereocenters. The van der Waals surface area contributed by atoms with Crippen molar-refractivity contribution in [2.45, 2.75) is 12.7 Å². The van der Waals surface area contributed by atoms with Crippen LogP contribution in [-0.2, 0) is 12.7 Å². The molecule has 32 heavy (non-hydrogen) atoms. The van der Waals surface area contributed by atoms with E-state index in [9.17, 15) is 18.0 Å². The number of anilines is 1. The second-order valence-corrected chi connectivity index (χ2v) is 6.85. The van der Waals surface area contributed by atoms with Crippen LogP contribution in [0.15, 0.2) is 73.2 Å². The van der Waals surface area contributed by atoms with Gasteiger partial charge in [0.2, 0.25) is 0 Å². The van der Waals surface area contributed by atoms with E-state index in [4.69, 9.17) is 4.74 Å². The van der Waals surface area contributed by atoms with Crippen LogP contribution in [0.1, 0.15) is 21.6 Å². The smallest absolute Gasteiger partial charge is 0.416 e. The summed E-state index contributed by atoms with van der Waals surface area (Å²) in [5.41, 5.74) is 0.655. The fourth-order valence-electron chi connectivity index (χ4n) is 3.15. The summed E-state index contributed by atoms with van der Waals surface area (Å²) in [5.74, 6) is -0.426. The molecule has 1 N–H and O–H groups in total. The molecular formula is C22H18F3N5O2. The number of amides is 1. The molecule has 0 spiro atoms. The van der Waals surface area contributed by atoms with E-state index in [1.165, 1.54) is 30.1 Å². The van der Waals surface area contributed by atoms with Crippen LogP contribution >= 0.6 is 0 Å². The maximum absolute atomic E-state index is 13.1. The third kappa shape index (κ3) is 4.48. The lowest BCUT2D eigenvalue weighted by Crippen LogP contribution is -2.16. The van der Waals surface area contributed by atoms with Gasteiger partial charge in [-0.05, 0) is 35.9 Å². The number of aromatic nitrogens is 4. The predicted octanol–water partition coefficient (Wildman–Crippen LogP) is 4.40. The quantitative estimate of drug-likeness (QED) is 0.482. The molecule has 2 aromatic heterocycles. The SMILES string of the molecule is COc1cn(-c2cccc(C(F)(F)F)c2)nc1C(=O)Nc1ccccc1Cn1cccn1. The van der Waals surface area contributed by atoms with E-state index in [1.54, 1.807) is 35.3 Å². The largest absolute Gasteiger partial charge is 0.493 e. The van der Waals surface area contributed by atoms with Crippen LogP contribution in [0, 0.1) is 0 Å². The number of carbonyl (C=O) groups excluding carboxylic acids is 1. The number of methoxy groups -OCH3 is 1. The topological polar surface area (TPSA) is 74.0 Å². The van der Waals surface area contributed by atoms with E-state index in [-0.39, 0.29) is 17.1 Å². The van der Waals surface area contributed by atoms with Gasteiger partial charge in [-0.2, -0.15) is 23.4 Å². The van der Waals surface area contributed by atoms with Crippen molar-refractivity contribution in [1.29, 1.82) is 0 Å². The molecule has 7 nitrogen and oxygen atoms in total. The highest BCUT2D eigenvalue weighted by Gasteiger charge is 2.30. The number of benzene rings is 2. The van der Waals surface area contributed by atoms with E-state index in [2.05, 4.69) is 15.5 Å². The van der Waals surface area contributed by atoms with Crippen LogP contribution in [0.4, 0.5) is 18.9 Å². The van der Waals surface area contributed by atoms with Crippen LogP contribution in [0.2, 0.25) is 0 Å². The minimum Gasteiger partial charge on any atom is -0.493 e. The van der Waals surface area contributed by atoms with Crippen molar-refractivity contribution in [2.24, 2.45) is 0 Å². The first-order valence-electron chi connectivity index (χ1n) is 9.53. The molecule has 0 aliphatic heterocycles. The highest BCUT2D eigenvalue weighted by atomic mass is 19.4. The number of carbonyl (C=O) groups is 1. The minimum absolute atomic E-state index is 0.0567. The lowest BCUT2D eigenvalue weighted by molar-refractivity contribution is -0.137. The number of ether oxygens (including phenoxy) is 1. The summed E-state index contributed by atoms with van der Waals surface area (Å²) in [6.07, 6.45) is 0.330. The molecule has 1 amide bonds. The first kappa shape index (κ1) is 21.2. The number of hydrogen-bond acceptors (Lipinski definition) is 4. The first-order valence-corrected chi connectivity index (χ1v) is 9.53. The molecule has 164 valence electrons. The Morgan fingerprint density at radius 1 is 1.12 bits per heavy atom. The van der Waals surface area contributed by atoms with Crippen molar-refractivity contribution in [2.75, 3.05) is 12.4 Å². The second-order valence-electron chi connectivity index (χ2n) is 6.85. The fourth-order valence-corrected chi connectivity index (χ4v) is 3.15. The van der Waals surface area contributed by atoms with Gasteiger partial charge in [0, 0.05) is 18.1 Å². The minimum atomic E-state index is -4.49. The molecule has 0 saturated heterocycles. The van der Waals surface area contributed by atoms with Crippen molar-refractivity contribution in [1.82, 2.24) is 19.6 Å². The Labute approximate surface area is 181 Å². The summed E-state index contributed by atoms with van der Waals surface area (Å²) in [7, 11) is 1.36. The van der Waals surface area contributed by atoms with Crippen molar-refractivity contribution in [3.05, 3.63) is 90.0 Å². The van der Waals surface area contributed by atoms with E-state index < -0.39 is 17.6 Å². The van der Waals surface area contributed by atoms with Gasteiger partial charge in [0.1, 0.15) is 0 Å². The number of nitrogens with one attached hydrogen (secondary N) is 1. The lowest BCUT2D eigenvalue weighted by Gasteiger charge is -2.11. The average Bonchev–Trinajstić information content (AvgIpc) is 3.44. The molecule has 0 saturated carbocycles. The molecular weight excluding hydrogens is 423 g/mol. The molecule has 0 aliphatic carbocycles. The van der Waals surface area contributed by atoms with E-state index >= 15 is 0 Å². The third-order valence-electron chi connectivity index (χ3n) is 4.71. The lowest BCUT2D eigenvalue weighted by atomic mass is 10.1. The third-order valence-corrected chi connectivity index (χ3v) is 4.71. The van der Waals surface area contributed by atoms with Crippen LogP contribution in [0.3, 0.4) is 0 Å². The Morgan fingerprint density at radius 3 is 2.66 bits per heavy atom.